The first kappa shape index (κ1) is 10.9. The zero-order valence-corrected chi connectivity index (χ0v) is 8.13. The zero-order chi connectivity index (χ0) is 10.6. The topological polar surface area (TPSA) is 29.3 Å². The highest BCUT2D eigenvalue weighted by atomic mass is 19.2. The molecule has 0 aliphatic heterocycles. The Morgan fingerprint density at radius 2 is 2.00 bits per heavy atom. The van der Waals surface area contributed by atoms with Crippen LogP contribution in [-0.2, 0) is 0 Å². The summed E-state index contributed by atoms with van der Waals surface area (Å²) in [6.07, 6.45) is 0. The van der Waals surface area contributed by atoms with Gasteiger partial charge in [0.1, 0.15) is 0 Å². The molecule has 0 atom stereocenters. The molecule has 1 aromatic rings. The van der Waals surface area contributed by atoms with Crippen molar-refractivity contribution >= 4 is 5.69 Å². The van der Waals surface area contributed by atoms with Crippen LogP contribution in [0.25, 0.3) is 0 Å². The van der Waals surface area contributed by atoms with Crippen molar-refractivity contribution in [2.24, 2.45) is 5.73 Å². The molecule has 2 N–H and O–H groups in total. The van der Waals surface area contributed by atoms with Crippen LogP contribution in [0.2, 0.25) is 0 Å². The van der Waals surface area contributed by atoms with E-state index in [-0.39, 0.29) is 0 Å². The number of anilines is 1. The second kappa shape index (κ2) is 4.91. The first-order chi connectivity index (χ1) is 6.69. The molecule has 0 spiro atoms. The third kappa shape index (κ3) is 2.42. The van der Waals surface area contributed by atoms with E-state index in [9.17, 15) is 8.78 Å². The molecule has 0 radical (unpaired) electrons. The van der Waals surface area contributed by atoms with Crippen LogP contribution in [0.1, 0.15) is 6.92 Å². The summed E-state index contributed by atoms with van der Waals surface area (Å²) in [5.74, 6) is -1.64. The molecule has 0 aliphatic carbocycles. The van der Waals surface area contributed by atoms with Gasteiger partial charge in [0.05, 0.1) is 0 Å². The summed E-state index contributed by atoms with van der Waals surface area (Å²) in [5.41, 5.74) is 6.06. The van der Waals surface area contributed by atoms with Gasteiger partial charge in [-0.1, -0.05) is 0 Å². The minimum atomic E-state index is -0.822. The van der Waals surface area contributed by atoms with Gasteiger partial charge in [-0.15, -0.1) is 0 Å². The van der Waals surface area contributed by atoms with E-state index in [0.29, 0.717) is 18.8 Å². The van der Waals surface area contributed by atoms with Crippen molar-refractivity contribution in [1.29, 1.82) is 0 Å². The van der Waals surface area contributed by atoms with E-state index < -0.39 is 11.6 Å². The molecule has 0 amide bonds. The fourth-order valence-corrected chi connectivity index (χ4v) is 1.31. The van der Waals surface area contributed by atoms with Gasteiger partial charge in [-0.2, -0.15) is 0 Å². The normalized spacial score (nSPS) is 10.3. The molecule has 0 aromatic heterocycles. The van der Waals surface area contributed by atoms with E-state index >= 15 is 0 Å². The Kier molecular flexibility index (Phi) is 3.83. The SMILES string of the molecule is CCN(CCN)c1ccc(F)c(F)c1. The molecule has 0 heterocycles. The van der Waals surface area contributed by atoms with Gasteiger partial charge >= 0.3 is 0 Å². The number of halogens is 2. The average Bonchev–Trinajstić information content (AvgIpc) is 2.19. The molecule has 0 unspecified atom stereocenters. The molecule has 0 fully saturated rings. The van der Waals surface area contributed by atoms with Crippen LogP contribution >= 0.6 is 0 Å². The Morgan fingerprint density at radius 3 is 2.50 bits per heavy atom. The van der Waals surface area contributed by atoms with Gasteiger partial charge in [0.25, 0.3) is 0 Å². The lowest BCUT2D eigenvalue weighted by Crippen LogP contribution is -2.29. The molecule has 14 heavy (non-hydrogen) atoms. The fraction of sp³-hybridized carbons (Fsp3) is 0.400. The van der Waals surface area contributed by atoms with Gasteiger partial charge in [-0.3, -0.25) is 0 Å². The van der Waals surface area contributed by atoms with Crippen molar-refractivity contribution in [3.8, 4) is 0 Å². The standard InChI is InChI=1S/C10H14F2N2/c1-2-14(6-5-13)8-3-4-9(11)10(12)7-8/h3-4,7H,2,5-6,13H2,1H3. The maximum absolute atomic E-state index is 12.9. The smallest absolute Gasteiger partial charge is 0.160 e. The molecule has 0 aliphatic rings. The highest BCUT2D eigenvalue weighted by Gasteiger charge is 2.07. The highest BCUT2D eigenvalue weighted by molar-refractivity contribution is 5.46. The van der Waals surface area contributed by atoms with E-state index in [4.69, 9.17) is 5.73 Å². The van der Waals surface area contributed by atoms with Crippen molar-refractivity contribution in [1.82, 2.24) is 0 Å². The number of nitrogens with two attached hydrogens (primary N) is 1. The maximum atomic E-state index is 12.9. The van der Waals surface area contributed by atoms with Crippen molar-refractivity contribution in [3.05, 3.63) is 29.8 Å². The largest absolute Gasteiger partial charge is 0.370 e. The van der Waals surface area contributed by atoms with Crippen molar-refractivity contribution in [3.63, 3.8) is 0 Å². The van der Waals surface area contributed by atoms with Crippen molar-refractivity contribution < 1.29 is 8.78 Å². The monoisotopic (exact) mass is 200 g/mol. The predicted molar refractivity (Wildman–Crippen MR) is 53.3 cm³/mol. The fourth-order valence-electron chi connectivity index (χ4n) is 1.31. The number of benzene rings is 1. The van der Waals surface area contributed by atoms with E-state index in [2.05, 4.69) is 0 Å². The summed E-state index contributed by atoms with van der Waals surface area (Å²) >= 11 is 0. The van der Waals surface area contributed by atoms with Gasteiger partial charge in [-0.05, 0) is 19.1 Å². The van der Waals surface area contributed by atoms with Crippen molar-refractivity contribution in [2.45, 2.75) is 6.92 Å². The maximum Gasteiger partial charge on any atom is 0.160 e. The minimum absolute atomic E-state index is 0.493. The van der Waals surface area contributed by atoms with Crippen LogP contribution in [0.15, 0.2) is 18.2 Å². The Bertz CT molecular complexity index is 302. The van der Waals surface area contributed by atoms with Crippen LogP contribution in [0, 0.1) is 11.6 Å². The third-order valence-corrected chi connectivity index (χ3v) is 2.05. The number of hydrogen-bond donors (Lipinski definition) is 1. The first-order valence-electron chi connectivity index (χ1n) is 4.59. The molecule has 0 saturated carbocycles. The van der Waals surface area contributed by atoms with Gasteiger partial charge in [0.15, 0.2) is 11.6 Å². The second-order valence-electron chi connectivity index (χ2n) is 2.97. The van der Waals surface area contributed by atoms with Crippen LogP contribution < -0.4 is 10.6 Å². The van der Waals surface area contributed by atoms with Gasteiger partial charge in [0, 0.05) is 31.4 Å². The molecular weight excluding hydrogens is 186 g/mol. The van der Waals surface area contributed by atoms with Gasteiger partial charge in [0.2, 0.25) is 0 Å². The summed E-state index contributed by atoms with van der Waals surface area (Å²) in [6, 6.07) is 3.87. The number of likely N-dealkylation sites (N-methyl/N-ethyl adjacent to an activating group) is 1. The minimum Gasteiger partial charge on any atom is -0.370 e. The van der Waals surface area contributed by atoms with Gasteiger partial charge in [-0.25, -0.2) is 8.78 Å². The molecule has 0 saturated heterocycles. The molecule has 2 nitrogen and oxygen atoms in total. The molecule has 1 rings (SSSR count). The second-order valence-corrected chi connectivity index (χ2v) is 2.97. The van der Waals surface area contributed by atoms with Crippen LogP contribution in [-0.4, -0.2) is 19.6 Å². The molecule has 1 aromatic carbocycles. The molecule has 4 heteroatoms. The number of rotatable bonds is 4. The Balaban J connectivity index is 2.88. The molecular formula is C10H14F2N2. The molecule has 78 valence electrons. The average molecular weight is 200 g/mol. The van der Waals surface area contributed by atoms with Crippen LogP contribution in [0.5, 0.6) is 0 Å². The van der Waals surface area contributed by atoms with Crippen LogP contribution in [0.4, 0.5) is 14.5 Å². The Labute approximate surface area is 82.3 Å². The number of hydrogen-bond acceptors (Lipinski definition) is 2. The lowest BCUT2D eigenvalue weighted by atomic mass is 10.2. The quantitative estimate of drug-likeness (QED) is 0.802. The lowest BCUT2D eigenvalue weighted by Gasteiger charge is -2.22. The van der Waals surface area contributed by atoms with Crippen LogP contribution in [0.3, 0.4) is 0 Å². The van der Waals surface area contributed by atoms with Crippen molar-refractivity contribution in [2.75, 3.05) is 24.5 Å². The predicted octanol–water partition coefficient (Wildman–Crippen LogP) is 1.75. The summed E-state index contributed by atoms with van der Waals surface area (Å²) in [4.78, 5) is 1.89. The highest BCUT2D eigenvalue weighted by Crippen LogP contribution is 2.17. The van der Waals surface area contributed by atoms with E-state index in [1.54, 1.807) is 6.07 Å². The van der Waals surface area contributed by atoms with Gasteiger partial charge < -0.3 is 10.6 Å². The zero-order valence-electron chi connectivity index (χ0n) is 8.13. The lowest BCUT2D eigenvalue weighted by molar-refractivity contribution is 0.508. The van der Waals surface area contributed by atoms with E-state index in [1.807, 2.05) is 11.8 Å². The summed E-state index contributed by atoms with van der Waals surface area (Å²) < 4.78 is 25.5. The number of nitrogens with zero attached hydrogens (tertiary/aromatic N) is 1. The summed E-state index contributed by atoms with van der Waals surface area (Å²) in [5, 5.41) is 0. The third-order valence-electron chi connectivity index (χ3n) is 2.05. The Hall–Kier alpha value is -1.16. The Morgan fingerprint density at radius 1 is 1.29 bits per heavy atom. The first-order valence-corrected chi connectivity index (χ1v) is 4.59. The summed E-state index contributed by atoms with van der Waals surface area (Å²) in [7, 11) is 0. The van der Waals surface area contributed by atoms with E-state index in [0.717, 1.165) is 12.6 Å². The molecule has 0 bridgehead atoms. The summed E-state index contributed by atoms with van der Waals surface area (Å²) in [6.45, 7) is 3.80. The van der Waals surface area contributed by atoms with E-state index in [1.165, 1.54) is 6.07 Å².